The summed E-state index contributed by atoms with van der Waals surface area (Å²) in [6, 6.07) is 8.33. The van der Waals surface area contributed by atoms with Crippen molar-refractivity contribution in [3.63, 3.8) is 0 Å². The van der Waals surface area contributed by atoms with Gasteiger partial charge in [0.25, 0.3) is 11.5 Å². The van der Waals surface area contributed by atoms with E-state index < -0.39 is 34.8 Å². The van der Waals surface area contributed by atoms with Crippen LogP contribution in [0, 0.1) is 18.6 Å². The smallest absolute Gasteiger partial charge is 0.337 e. The standard InChI is InChI=1S/C22H17F5N2O2/c1-13-9-10-29(18-11-16(23)7-8-17(18)24)21(31)19(13)20(30)28(2)12-14-3-5-15(6-4-14)22(25,26)27/h3-11H,12H2,1-2H3. The number of carbonyl (C=O) groups is 1. The van der Waals surface area contributed by atoms with Crippen molar-refractivity contribution in [2.24, 2.45) is 0 Å². The predicted octanol–water partition coefficient (Wildman–Crippen LogP) is 4.72. The molecule has 1 aromatic heterocycles. The van der Waals surface area contributed by atoms with Gasteiger partial charge < -0.3 is 4.90 Å². The lowest BCUT2D eigenvalue weighted by Gasteiger charge is -2.19. The Labute approximate surface area is 174 Å². The first-order valence-electron chi connectivity index (χ1n) is 9.08. The average Bonchev–Trinajstić information content (AvgIpc) is 2.70. The van der Waals surface area contributed by atoms with E-state index in [9.17, 15) is 31.5 Å². The van der Waals surface area contributed by atoms with E-state index in [0.717, 1.165) is 34.9 Å². The van der Waals surface area contributed by atoms with E-state index in [1.54, 1.807) is 0 Å². The third-order valence-electron chi connectivity index (χ3n) is 4.73. The third kappa shape index (κ3) is 4.65. The van der Waals surface area contributed by atoms with Crippen LogP contribution < -0.4 is 5.56 Å². The van der Waals surface area contributed by atoms with Crippen LogP contribution in [0.3, 0.4) is 0 Å². The number of carbonyl (C=O) groups excluding carboxylic acids is 1. The van der Waals surface area contributed by atoms with Gasteiger partial charge in [-0.25, -0.2) is 8.78 Å². The van der Waals surface area contributed by atoms with Gasteiger partial charge >= 0.3 is 6.18 Å². The molecule has 1 amide bonds. The van der Waals surface area contributed by atoms with E-state index in [4.69, 9.17) is 0 Å². The summed E-state index contributed by atoms with van der Waals surface area (Å²) in [5, 5.41) is 0. The second kappa shape index (κ2) is 8.33. The molecule has 0 aliphatic heterocycles. The summed E-state index contributed by atoms with van der Waals surface area (Å²) in [5.74, 6) is -2.30. The number of hydrogen-bond donors (Lipinski definition) is 0. The molecule has 0 spiro atoms. The quantitative estimate of drug-likeness (QED) is 0.556. The van der Waals surface area contributed by atoms with Crippen LogP contribution in [-0.2, 0) is 12.7 Å². The van der Waals surface area contributed by atoms with Crippen LogP contribution in [0.5, 0.6) is 0 Å². The Morgan fingerprint density at radius 2 is 1.68 bits per heavy atom. The zero-order valence-corrected chi connectivity index (χ0v) is 16.5. The summed E-state index contributed by atoms with van der Waals surface area (Å²) in [4.78, 5) is 27.0. The normalized spacial score (nSPS) is 11.5. The number of pyridine rings is 1. The fourth-order valence-corrected chi connectivity index (χ4v) is 3.08. The van der Waals surface area contributed by atoms with Crippen molar-refractivity contribution in [1.29, 1.82) is 0 Å². The van der Waals surface area contributed by atoms with Crippen LogP contribution in [0.4, 0.5) is 22.0 Å². The maximum absolute atomic E-state index is 14.1. The number of aromatic nitrogens is 1. The maximum atomic E-state index is 14.1. The van der Waals surface area contributed by atoms with Crippen molar-refractivity contribution in [3.05, 3.63) is 99.0 Å². The van der Waals surface area contributed by atoms with Gasteiger partial charge in [0, 0.05) is 25.9 Å². The van der Waals surface area contributed by atoms with E-state index in [2.05, 4.69) is 0 Å². The van der Waals surface area contributed by atoms with Gasteiger partial charge in [-0.3, -0.25) is 14.2 Å². The number of benzene rings is 2. The van der Waals surface area contributed by atoms with E-state index in [0.29, 0.717) is 11.1 Å². The van der Waals surface area contributed by atoms with Crippen molar-refractivity contribution in [2.75, 3.05) is 7.05 Å². The fourth-order valence-electron chi connectivity index (χ4n) is 3.08. The number of halogens is 5. The maximum Gasteiger partial charge on any atom is 0.416 e. The number of amides is 1. The monoisotopic (exact) mass is 436 g/mol. The summed E-state index contributed by atoms with van der Waals surface area (Å²) in [6.45, 7) is 1.46. The molecule has 0 fully saturated rings. The van der Waals surface area contributed by atoms with Gasteiger partial charge in [-0.05, 0) is 48.4 Å². The molecular weight excluding hydrogens is 419 g/mol. The number of aryl methyl sites for hydroxylation is 1. The molecule has 0 saturated carbocycles. The van der Waals surface area contributed by atoms with Crippen molar-refractivity contribution in [2.45, 2.75) is 19.6 Å². The van der Waals surface area contributed by atoms with Crippen LogP contribution >= 0.6 is 0 Å². The van der Waals surface area contributed by atoms with E-state index in [1.807, 2.05) is 0 Å². The molecular formula is C22H17F5N2O2. The van der Waals surface area contributed by atoms with Crippen LogP contribution in [0.1, 0.15) is 27.0 Å². The van der Waals surface area contributed by atoms with Crippen LogP contribution in [-0.4, -0.2) is 22.4 Å². The summed E-state index contributed by atoms with van der Waals surface area (Å²) in [6.07, 6.45) is -3.24. The zero-order valence-electron chi connectivity index (χ0n) is 16.5. The Balaban J connectivity index is 1.92. The topological polar surface area (TPSA) is 42.3 Å². The first-order chi connectivity index (χ1) is 14.5. The zero-order chi connectivity index (χ0) is 22.9. The second-order valence-corrected chi connectivity index (χ2v) is 7.00. The Morgan fingerprint density at radius 1 is 1.03 bits per heavy atom. The number of alkyl halides is 3. The number of nitrogens with zero attached hydrogens (tertiary/aromatic N) is 2. The van der Waals surface area contributed by atoms with Crippen molar-refractivity contribution in [1.82, 2.24) is 9.47 Å². The van der Waals surface area contributed by atoms with Gasteiger partial charge in [0.05, 0.1) is 11.3 Å². The summed E-state index contributed by atoms with van der Waals surface area (Å²) in [5.41, 5.74) is -1.50. The fraction of sp³-hybridized carbons (Fsp3) is 0.182. The summed E-state index contributed by atoms with van der Waals surface area (Å²) < 4.78 is 66.6. The molecule has 31 heavy (non-hydrogen) atoms. The van der Waals surface area contributed by atoms with Crippen LogP contribution in [0.25, 0.3) is 5.69 Å². The molecule has 0 radical (unpaired) electrons. The molecule has 162 valence electrons. The molecule has 0 aliphatic rings. The van der Waals surface area contributed by atoms with Gasteiger partial charge in [-0.2, -0.15) is 13.2 Å². The Morgan fingerprint density at radius 3 is 2.29 bits per heavy atom. The van der Waals surface area contributed by atoms with Crippen molar-refractivity contribution >= 4 is 5.91 Å². The minimum Gasteiger partial charge on any atom is -0.337 e. The Hall–Kier alpha value is -3.49. The predicted molar refractivity (Wildman–Crippen MR) is 104 cm³/mol. The van der Waals surface area contributed by atoms with Gasteiger partial charge in [0.1, 0.15) is 17.2 Å². The highest BCUT2D eigenvalue weighted by Gasteiger charge is 2.30. The van der Waals surface area contributed by atoms with Crippen LogP contribution in [0.2, 0.25) is 0 Å². The molecule has 2 aromatic carbocycles. The lowest BCUT2D eigenvalue weighted by molar-refractivity contribution is -0.137. The Kier molecular flexibility index (Phi) is 5.97. The molecule has 0 unspecified atom stereocenters. The highest BCUT2D eigenvalue weighted by molar-refractivity contribution is 5.95. The first kappa shape index (κ1) is 22.2. The average molecular weight is 436 g/mol. The summed E-state index contributed by atoms with van der Waals surface area (Å²) >= 11 is 0. The molecule has 3 rings (SSSR count). The molecule has 0 N–H and O–H groups in total. The van der Waals surface area contributed by atoms with Gasteiger partial charge in [-0.15, -0.1) is 0 Å². The molecule has 0 saturated heterocycles. The van der Waals surface area contributed by atoms with Crippen molar-refractivity contribution < 1.29 is 26.7 Å². The van der Waals surface area contributed by atoms with Gasteiger partial charge in [-0.1, -0.05) is 12.1 Å². The first-order valence-corrected chi connectivity index (χ1v) is 9.08. The highest BCUT2D eigenvalue weighted by atomic mass is 19.4. The highest BCUT2D eigenvalue weighted by Crippen LogP contribution is 2.29. The largest absolute Gasteiger partial charge is 0.416 e. The summed E-state index contributed by atoms with van der Waals surface area (Å²) in [7, 11) is 1.39. The molecule has 0 atom stereocenters. The minimum atomic E-state index is -4.47. The molecule has 3 aromatic rings. The number of hydrogen-bond acceptors (Lipinski definition) is 2. The van der Waals surface area contributed by atoms with E-state index >= 15 is 0 Å². The molecule has 4 nitrogen and oxygen atoms in total. The SMILES string of the molecule is Cc1ccn(-c2cc(F)ccc2F)c(=O)c1C(=O)N(C)Cc1ccc(C(F)(F)F)cc1. The lowest BCUT2D eigenvalue weighted by atomic mass is 10.1. The molecule has 0 bridgehead atoms. The lowest BCUT2D eigenvalue weighted by Crippen LogP contribution is -2.34. The van der Waals surface area contributed by atoms with E-state index in [1.165, 1.54) is 43.3 Å². The second-order valence-electron chi connectivity index (χ2n) is 7.00. The van der Waals surface area contributed by atoms with E-state index in [-0.39, 0.29) is 17.8 Å². The molecule has 1 heterocycles. The molecule has 0 aliphatic carbocycles. The van der Waals surface area contributed by atoms with Crippen molar-refractivity contribution in [3.8, 4) is 5.69 Å². The van der Waals surface area contributed by atoms with Gasteiger partial charge in [0.15, 0.2) is 0 Å². The number of rotatable bonds is 4. The minimum absolute atomic E-state index is 0.0565. The third-order valence-corrected chi connectivity index (χ3v) is 4.73. The van der Waals surface area contributed by atoms with Gasteiger partial charge in [0.2, 0.25) is 0 Å². The van der Waals surface area contributed by atoms with Crippen LogP contribution in [0.15, 0.2) is 59.5 Å². The molecule has 9 heteroatoms. The Bertz CT molecular complexity index is 1180.